The highest BCUT2D eigenvalue weighted by atomic mass is 32.2. The van der Waals surface area contributed by atoms with Crippen LogP contribution in [0, 0.1) is 0 Å². The van der Waals surface area contributed by atoms with Gasteiger partial charge >= 0.3 is 0 Å². The third-order valence-electron chi connectivity index (χ3n) is 2.65. The lowest BCUT2D eigenvalue weighted by Crippen LogP contribution is -2.13. The summed E-state index contributed by atoms with van der Waals surface area (Å²) in [5.74, 6) is 0. The van der Waals surface area contributed by atoms with Gasteiger partial charge in [0.1, 0.15) is 0 Å². The smallest absolute Gasteiger partial charge is 0.238 e. The van der Waals surface area contributed by atoms with Crippen molar-refractivity contribution in [3.8, 4) is 0 Å². The SMILES string of the molecule is Nc1cc(S(N)(=O)=O)ccc1S(=O)(=O)c1ccccc1. The summed E-state index contributed by atoms with van der Waals surface area (Å²) in [6.45, 7) is 0. The second-order valence-electron chi connectivity index (χ2n) is 4.06. The molecule has 0 unspecified atom stereocenters. The Balaban J connectivity index is 2.61. The van der Waals surface area contributed by atoms with Gasteiger partial charge < -0.3 is 5.73 Å². The lowest BCUT2D eigenvalue weighted by Gasteiger charge is -2.08. The number of sulfonamides is 1. The van der Waals surface area contributed by atoms with E-state index in [-0.39, 0.29) is 20.4 Å². The number of rotatable bonds is 3. The molecule has 0 aromatic heterocycles. The van der Waals surface area contributed by atoms with E-state index in [2.05, 4.69) is 0 Å². The maximum Gasteiger partial charge on any atom is 0.238 e. The number of primary sulfonamides is 1. The first-order chi connectivity index (χ1) is 9.23. The predicted molar refractivity (Wildman–Crippen MR) is 74.1 cm³/mol. The van der Waals surface area contributed by atoms with Crippen LogP contribution in [-0.2, 0) is 19.9 Å². The number of anilines is 1. The van der Waals surface area contributed by atoms with Crippen LogP contribution in [0.1, 0.15) is 0 Å². The summed E-state index contributed by atoms with van der Waals surface area (Å²) in [6.07, 6.45) is 0. The highest BCUT2D eigenvalue weighted by molar-refractivity contribution is 7.91. The van der Waals surface area contributed by atoms with E-state index < -0.39 is 19.9 Å². The van der Waals surface area contributed by atoms with Crippen molar-refractivity contribution in [2.45, 2.75) is 14.7 Å². The summed E-state index contributed by atoms with van der Waals surface area (Å²) in [5, 5.41) is 4.96. The zero-order chi connectivity index (χ0) is 15.0. The molecule has 0 heterocycles. The number of sulfone groups is 1. The highest BCUT2D eigenvalue weighted by Gasteiger charge is 2.21. The standard InChI is InChI=1S/C12H12N2O4S2/c13-11-8-10(20(14,17)18)6-7-12(11)19(15,16)9-4-2-1-3-5-9/h1-8H,13H2,(H2,14,17,18). The molecule has 0 aliphatic heterocycles. The molecule has 8 heteroatoms. The molecule has 0 saturated heterocycles. The first-order valence-electron chi connectivity index (χ1n) is 5.45. The van der Waals surface area contributed by atoms with Crippen LogP contribution in [0.3, 0.4) is 0 Å². The minimum atomic E-state index is -3.93. The van der Waals surface area contributed by atoms with Gasteiger partial charge in [-0.2, -0.15) is 0 Å². The van der Waals surface area contributed by atoms with Crippen molar-refractivity contribution in [1.82, 2.24) is 0 Å². The van der Waals surface area contributed by atoms with Crippen molar-refractivity contribution in [3.05, 3.63) is 48.5 Å². The molecule has 0 bridgehead atoms. The molecule has 0 fully saturated rings. The van der Waals surface area contributed by atoms with Gasteiger partial charge in [0.25, 0.3) is 0 Å². The second kappa shape index (κ2) is 4.89. The molecule has 106 valence electrons. The van der Waals surface area contributed by atoms with Crippen LogP contribution in [0.25, 0.3) is 0 Å². The largest absolute Gasteiger partial charge is 0.398 e. The summed E-state index contributed by atoms with van der Waals surface area (Å²) in [4.78, 5) is -0.312. The first-order valence-corrected chi connectivity index (χ1v) is 8.48. The van der Waals surface area contributed by atoms with Gasteiger partial charge in [-0.05, 0) is 30.3 Å². The fraction of sp³-hybridized carbons (Fsp3) is 0. The third-order valence-corrected chi connectivity index (χ3v) is 5.41. The molecule has 20 heavy (non-hydrogen) atoms. The molecular formula is C12H12N2O4S2. The Hall–Kier alpha value is -1.90. The monoisotopic (exact) mass is 312 g/mol. The normalized spacial score (nSPS) is 12.2. The minimum Gasteiger partial charge on any atom is -0.398 e. The van der Waals surface area contributed by atoms with Crippen molar-refractivity contribution in [2.24, 2.45) is 5.14 Å². The quantitative estimate of drug-likeness (QED) is 0.810. The first kappa shape index (κ1) is 14.5. The Kier molecular flexibility index (Phi) is 3.55. The lowest BCUT2D eigenvalue weighted by atomic mass is 10.3. The van der Waals surface area contributed by atoms with Crippen molar-refractivity contribution in [2.75, 3.05) is 5.73 Å². The van der Waals surface area contributed by atoms with Gasteiger partial charge in [-0.25, -0.2) is 22.0 Å². The zero-order valence-electron chi connectivity index (χ0n) is 10.2. The van der Waals surface area contributed by atoms with Gasteiger partial charge in [0.15, 0.2) is 0 Å². The van der Waals surface area contributed by atoms with Crippen LogP contribution in [0.2, 0.25) is 0 Å². The number of nitrogen functional groups attached to an aromatic ring is 1. The molecule has 0 radical (unpaired) electrons. The fourth-order valence-corrected chi connectivity index (χ4v) is 3.61. The Morgan fingerprint density at radius 2 is 1.40 bits per heavy atom. The molecule has 2 aromatic carbocycles. The maximum atomic E-state index is 12.4. The van der Waals surface area contributed by atoms with Crippen molar-refractivity contribution in [1.29, 1.82) is 0 Å². The molecule has 6 nitrogen and oxygen atoms in total. The molecular weight excluding hydrogens is 300 g/mol. The third kappa shape index (κ3) is 2.67. The van der Waals surface area contributed by atoms with Gasteiger partial charge in [-0.15, -0.1) is 0 Å². The Morgan fingerprint density at radius 1 is 0.800 bits per heavy atom. The molecule has 0 aliphatic rings. The topological polar surface area (TPSA) is 120 Å². The van der Waals surface area contributed by atoms with Gasteiger partial charge in [0.05, 0.1) is 20.4 Å². The summed E-state index contributed by atoms with van der Waals surface area (Å²) in [5.41, 5.74) is 5.48. The van der Waals surface area contributed by atoms with Gasteiger partial charge in [0.2, 0.25) is 19.9 Å². The number of nitrogens with two attached hydrogens (primary N) is 2. The van der Waals surface area contributed by atoms with Crippen LogP contribution < -0.4 is 10.9 Å². The van der Waals surface area contributed by atoms with Crippen LogP contribution >= 0.6 is 0 Å². The molecule has 0 saturated carbocycles. The molecule has 0 aliphatic carbocycles. The van der Waals surface area contributed by atoms with E-state index in [9.17, 15) is 16.8 Å². The van der Waals surface area contributed by atoms with E-state index in [0.29, 0.717) is 0 Å². The lowest BCUT2D eigenvalue weighted by molar-refractivity contribution is 0.593. The van der Waals surface area contributed by atoms with E-state index >= 15 is 0 Å². The summed E-state index contributed by atoms with van der Waals surface area (Å²) < 4.78 is 47.1. The van der Waals surface area contributed by atoms with Crippen molar-refractivity contribution < 1.29 is 16.8 Å². The average Bonchev–Trinajstić information content (AvgIpc) is 2.38. The highest BCUT2D eigenvalue weighted by Crippen LogP contribution is 2.27. The number of benzene rings is 2. The Bertz CT molecular complexity index is 844. The molecule has 4 N–H and O–H groups in total. The average molecular weight is 312 g/mol. The minimum absolute atomic E-state index is 0.0788. The van der Waals surface area contributed by atoms with E-state index in [1.807, 2.05) is 0 Å². The van der Waals surface area contributed by atoms with Crippen LogP contribution in [0.5, 0.6) is 0 Å². The van der Waals surface area contributed by atoms with Crippen molar-refractivity contribution in [3.63, 3.8) is 0 Å². The maximum absolute atomic E-state index is 12.4. The van der Waals surface area contributed by atoms with E-state index in [0.717, 1.165) is 18.2 Å². The second-order valence-corrected chi connectivity index (χ2v) is 7.54. The van der Waals surface area contributed by atoms with E-state index in [1.54, 1.807) is 18.2 Å². The van der Waals surface area contributed by atoms with Crippen molar-refractivity contribution >= 4 is 25.5 Å². The summed E-state index contributed by atoms with van der Waals surface area (Å²) in [6, 6.07) is 11.0. The molecule has 2 aromatic rings. The summed E-state index contributed by atoms with van der Waals surface area (Å²) in [7, 11) is -7.72. The molecule has 2 rings (SSSR count). The predicted octanol–water partition coefficient (Wildman–Crippen LogP) is 0.749. The van der Waals surface area contributed by atoms with Crippen LogP contribution in [-0.4, -0.2) is 16.8 Å². The van der Waals surface area contributed by atoms with E-state index in [1.165, 1.54) is 12.1 Å². The van der Waals surface area contributed by atoms with Crippen LogP contribution in [0.15, 0.2) is 63.2 Å². The fourth-order valence-electron chi connectivity index (χ4n) is 1.67. The number of hydrogen-bond donors (Lipinski definition) is 2. The zero-order valence-corrected chi connectivity index (χ0v) is 11.9. The van der Waals surface area contributed by atoms with Gasteiger partial charge in [0, 0.05) is 0 Å². The Labute approximate surface area is 117 Å². The number of hydrogen-bond acceptors (Lipinski definition) is 5. The van der Waals surface area contributed by atoms with Gasteiger partial charge in [-0.1, -0.05) is 18.2 Å². The van der Waals surface area contributed by atoms with E-state index in [4.69, 9.17) is 10.9 Å². The Morgan fingerprint density at radius 3 is 1.90 bits per heavy atom. The summed E-state index contributed by atoms with van der Waals surface area (Å²) >= 11 is 0. The molecule has 0 spiro atoms. The van der Waals surface area contributed by atoms with Gasteiger partial charge in [-0.3, -0.25) is 0 Å². The van der Waals surface area contributed by atoms with Crippen LogP contribution in [0.4, 0.5) is 5.69 Å². The molecule has 0 amide bonds. The molecule has 0 atom stereocenters.